The van der Waals surface area contributed by atoms with E-state index in [4.69, 9.17) is 0 Å². The largest absolute Gasteiger partial charge is 0.386 e. The first-order chi connectivity index (χ1) is 7.88. The lowest BCUT2D eigenvalue weighted by Gasteiger charge is -2.59. The van der Waals surface area contributed by atoms with Crippen molar-refractivity contribution in [2.45, 2.75) is 12.5 Å². The van der Waals surface area contributed by atoms with Gasteiger partial charge in [0.25, 0.3) is 0 Å². The minimum Gasteiger partial charge on any atom is -0.386 e. The zero-order chi connectivity index (χ0) is 12.3. The van der Waals surface area contributed by atoms with Crippen LogP contribution in [0, 0.1) is 5.41 Å². The van der Waals surface area contributed by atoms with Gasteiger partial charge in [-0.05, 0) is 14.0 Å². The Kier molecular flexibility index (Phi) is 2.31. The summed E-state index contributed by atoms with van der Waals surface area (Å²) < 4.78 is 0. The Hall–Kier alpha value is -0.650. The number of hydrogen-bond donors (Lipinski definition) is 1. The Balaban J connectivity index is 1.40. The summed E-state index contributed by atoms with van der Waals surface area (Å²) in [4.78, 5) is 18.2. The highest BCUT2D eigenvalue weighted by atomic mass is 16.3. The molecule has 0 bridgehead atoms. The average molecular weight is 239 g/mol. The number of rotatable bonds is 2. The quantitative estimate of drug-likeness (QED) is 0.659. The van der Waals surface area contributed by atoms with E-state index in [0.717, 1.165) is 13.1 Å². The number of likely N-dealkylation sites (tertiary alicyclic amines) is 3. The van der Waals surface area contributed by atoms with Crippen LogP contribution < -0.4 is 0 Å². The number of amides is 1. The SMILES string of the molecule is CN1CC2(C1)CN(CC(=O)N1CC(C)(O)C1)C2. The van der Waals surface area contributed by atoms with Gasteiger partial charge in [-0.2, -0.15) is 0 Å². The fraction of sp³-hybridized carbons (Fsp3) is 0.917. The molecule has 1 amide bonds. The maximum Gasteiger partial charge on any atom is 0.236 e. The first kappa shape index (κ1) is 11.4. The van der Waals surface area contributed by atoms with Crippen molar-refractivity contribution < 1.29 is 9.90 Å². The molecule has 1 spiro atoms. The molecule has 0 saturated carbocycles. The molecule has 0 unspecified atom stereocenters. The summed E-state index contributed by atoms with van der Waals surface area (Å²) in [5.41, 5.74) is -0.155. The highest BCUT2D eigenvalue weighted by Crippen LogP contribution is 2.38. The molecule has 0 radical (unpaired) electrons. The van der Waals surface area contributed by atoms with Crippen LogP contribution in [0.3, 0.4) is 0 Å². The van der Waals surface area contributed by atoms with Crippen molar-refractivity contribution in [1.82, 2.24) is 14.7 Å². The van der Waals surface area contributed by atoms with Gasteiger partial charge in [0.05, 0.1) is 25.2 Å². The fourth-order valence-corrected chi connectivity index (χ4v) is 3.56. The molecule has 0 aromatic heterocycles. The van der Waals surface area contributed by atoms with Crippen LogP contribution >= 0.6 is 0 Å². The van der Waals surface area contributed by atoms with Crippen LogP contribution in [0.4, 0.5) is 0 Å². The lowest BCUT2D eigenvalue weighted by molar-refractivity contribution is -0.160. The van der Waals surface area contributed by atoms with Crippen molar-refractivity contribution in [2.24, 2.45) is 5.41 Å². The molecule has 0 aromatic rings. The smallest absolute Gasteiger partial charge is 0.236 e. The zero-order valence-electron chi connectivity index (χ0n) is 10.6. The van der Waals surface area contributed by atoms with Crippen LogP contribution in [-0.4, -0.2) is 84.2 Å². The Bertz CT molecular complexity index is 334. The van der Waals surface area contributed by atoms with Crippen molar-refractivity contribution in [3.8, 4) is 0 Å². The zero-order valence-corrected chi connectivity index (χ0v) is 10.6. The van der Waals surface area contributed by atoms with Gasteiger partial charge in [-0.1, -0.05) is 0 Å². The summed E-state index contributed by atoms with van der Waals surface area (Å²) in [7, 11) is 2.14. The molecule has 96 valence electrons. The van der Waals surface area contributed by atoms with Crippen LogP contribution in [0.25, 0.3) is 0 Å². The predicted molar refractivity (Wildman–Crippen MR) is 63.6 cm³/mol. The fourth-order valence-electron chi connectivity index (χ4n) is 3.56. The maximum atomic E-state index is 11.9. The van der Waals surface area contributed by atoms with Crippen molar-refractivity contribution in [3.05, 3.63) is 0 Å². The first-order valence-electron chi connectivity index (χ1n) is 6.29. The number of aliphatic hydroxyl groups is 1. The van der Waals surface area contributed by atoms with E-state index in [1.807, 2.05) is 0 Å². The van der Waals surface area contributed by atoms with Crippen molar-refractivity contribution in [2.75, 3.05) is 52.9 Å². The summed E-state index contributed by atoms with van der Waals surface area (Å²) in [5, 5.41) is 9.58. The van der Waals surface area contributed by atoms with Gasteiger partial charge in [-0.25, -0.2) is 0 Å². The van der Waals surface area contributed by atoms with Gasteiger partial charge in [0.1, 0.15) is 0 Å². The third kappa shape index (κ3) is 1.96. The summed E-state index contributed by atoms with van der Waals surface area (Å²) in [6.45, 7) is 7.77. The van der Waals surface area contributed by atoms with E-state index >= 15 is 0 Å². The molecule has 3 rings (SSSR count). The van der Waals surface area contributed by atoms with Crippen LogP contribution in [0.5, 0.6) is 0 Å². The molecule has 0 atom stereocenters. The molecule has 17 heavy (non-hydrogen) atoms. The Morgan fingerprint density at radius 2 is 1.76 bits per heavy atom. The maximum absolute atomic E-state index is 11.9. The van der Waals surface area contributed by atoms with E-state index in [2.05, 4.69) is 16.8 Å². The number of hydrogen-bond acceptors (Lipinski definition) is 4. The molecule has 0 aliphatic carbocycles. The van der Waals surface area contributed by atoms with Gasteiger partial charge in [-0.3, -0.25) is 9.69 Å². The standard InChI is InChI=1S/C12H21N3O2/c1-11(17)4-15(5-11)10(16)3-14-8-12(9-14)6-13(2)7-12/h17H,3-9H2,1-2H3. The lowest BCUT2D eigenvalue weighted by atomic mass is 9.73. The third-order valence-corrected chi connectivity index (χ3v) is 4.10. The highest BCUT2D eigenvalue weighted by molar-refractivity contribution is 5.79. The molecule has 0 aromatic carbocycles. The molecule has 3 heterocycles. The van der Waals surface area contributed by atoms with Gasteiger partial charge in [-0.15, -0.1) is 0 Å². The molecular weight excluding hydrogens is 218 g/mol. The second-order valence-electron chi connectivity index (χ2n) is 6.56. The first-order valence-corrected chi connectivity index (χ1v) is 6.29. The Morgan fingerprint density at radius 1 is 1.18 bits per heavy atom. The molecule has 3 fully saturated rings. The average Bonchev–Trinajstić information content (AvgIpc) is 2.07. The predicted octanol–water partition coefficient (Wildman–Crippen LogP) is -1.17. The van der Waals surface area contributed by atoms with Crippen molar-refractivity contribution >= 4 is 5.91 Å². The number of nitrogens with zero attached hydrogens (tertiary/aromatic N) is 3. The second-order valence-corrected chi connectivity index (χ2v) is 6.56. The summed E-state index contributed by atoms with van der Waals surface area (Å²) in [6.07, 6.45) is 0. The Labute approximate surface area is 102 Å². The molecule has 3 saturated heterocycles. The molecule has 5 heteroatoms. The van der Waals surface area contributed by atoms with Crippen LogP contribution in [-0.2, 0) is 4.79 Å². The van der Waals surface area contributed by atoms with E-state index in [1.54, 1.807) is 11.8 Å². The van der Waals surface area contributed by atoms with E-state index in [-0.39, 0.29) is 5.91 Å². The van der Waals surface area contributed by atoms with Crippen LogP contribution in [0.1, 0.15) is 6.92 Å². The number of β-amino-alcohol motifs (C(OH)–C–C–N with tert-alkyl or cyclic N) is 1. The van der Waals surface area contributed by atoms with E-state index in [9.17, 15) is 9.90 Å². The topological polar surface area (TPSA) is 47.0 Å². The molecule has 1 N–H and O–H groups in total. The van der Waals surface area contributed by atoms with Gasteiger partial charge in [0.2, 0.25) is 5.91 Å². The summed E-state index contributed by atoms with van der Waals surface area (Å²) >= 11 is 0. The van der Waals surface area contributed by atoms with E-state index < -0.39 is 5.60 Å². The van der Waals surface area contributed by atoms with Gasteiger partial charge in [0, 0.05) is 31.6 Å². The second kappa shape index (κ2) is 3.43. The Morgan fingerprint density at radius 3 is 2.24 bits per heavy atom. The molecule has 5 nitrogen and oxygen atoms in total. The van der Waals surface area contributed by atoms with Crippen LogP contribution in [0.2, 0.25) is 0 Å². The third-order valence-electron chi connectivity index (χ3n) is 4.10. The van der Waals surface area contributed by atoms with Crippen molar-refractivity contribution in [3.63, 3.8) is 0 Å². The highest BCUT2D eigenvalue weighted by Gasteiger charge is 2.51. The number of carbonyl (C=O) groups excluding carboxylic acids is 1. The number of carbonyl (C=O) groups is 1. The minimum atomic E-state index is -0.650. The minimum absolute atomic E-state index is 0.166. The molecular formula is C12H21N3O2. The monoisotopic (exact) mass is 239 g/mol. The molecule has 3 aliphatic rings. The van der Waals surface area contributed by atoms with Gasteiger partial charge < -0.3 is 14.9 Å². The normalized spacial score (nSPS) is 30.6. The molecule has 3 aliphatic heterocycles. The van der Waals surface area contributed by atoms with Crippen LogP contribution in [0.15, 0.2) is 0 Å². The van der Waals surface area contributed by atoms with E-state index in [1.165, 1.54) is 13.1 Å². The summed E-state index contributed by atoms with van der Waals surface area (Å²) in [6, 6.07) is 0. The van der Waals surface area contributed by atoms with Gasteiger partial charge in [0.15, 0.2) is 0 Å². The van der Waals surface area contributed by atoms with Gasteiger partial charge >= 0.3 is 0 Å². The summed E-state index contributed by atoms with van der Waals surface area (Å²) in [5.74, 6) is 0.166. The van der Waals surface area contributed by atoms with E-state index in [0.29, 0.717) is 25.0 Å². The van der Waals surface area contributed by atoms with Crippen molar-refractivity contribution in [1.29, 1.82) is 0 Å². The lowest BCUT2D eigenvalue weighted by Crippen LogP contribution is -2.72.